The number of hydrogen-bond acceptors (Lipinski definition) is 6. The smallest absolute Gasteiger partial charge is 0.276 e. The number of hydrogen-bond donors (Lipinski definition) is 0. The molecule has 0 atom stereocenters. The van der Waals surface area contributed by atoms with E-state index < -0.39 is 4.92 Å². The molecule has 0 bridgehead atoms. The molecule has 1 aliphatic rings. The van der Waals surface area contributed by atoms with Crippen LogP contribution in [0.4, 0.5) is 5.69 Å². The Morgan fingerprint density at radius 3 is 2.53 bits per heavy atom. The lowest BCUT2D eigenvalue weighted by Gasteiger charge is -2.34. The minimum Gasteiger partial charge on any atom is -0.335 e. The van der Waals surface area contributed by atoms with E-state index in [1.54, 1.807) is 24.0 Å². The Balaban J connectivity index is 1.27. The van der Waals surface area contributed by atoms with Gasteiger partial charge in [0.1, 0.15) is 0 Å². The van der Waals surface area contributed by atoms with Crippen LogP contribution in [0.15, 0.2) is 66.7 Å². The largest absolute Gasteiger partial charge is 0.335 e. The fourth-order valence-corrected chi connectivity index (χ4v) is 4.44. The number of rotatable bonds is 5. The van der Waals surface area contributed by atoms with Crippen LogP contribution in [-0.2, 0) is 6.54 Å². The molecule has 1 saturated heterocycles. The maximum atomic E-state index is 13.2. The number of aromatic nitrogens is 3. The molecule has 172 valence electrons. The first-order valence-electron chi connectivity index (χ1n) is 11.2. The second kappa shape index (κ2) is 9.03. The summed E-state index contributed by atoms with van der Waals surface area (Å²) in [5.41, 5.74) is 2.58. The number of non-ortho nitro benzene ring substituents is 1. The zero-order valence-corrected chi connectivity index (χ0v) is 18.8. The molecule has 4 aromatic rings. The van der Waals surface area contributed by atoms with Crippen LogP contribution in [-0.4, -0.2) is 61.8 Å². The molecule has 1 aromatic heterocycles. The third kappa shape index (κ3) is 4.13. The van der Waals surface area contributed by atoms with Crippen molar-refractivity contribution in [1.82, 2.24) is 24.8 Å². The molecule has 0 saturated carbocycles. The average Bonchev–Trinajstić information content (AvgIpc) is 3.25. The van der Waals surface area contributed by atoms with E-state index in [4.69, 9.17) is 0 Å². The Kier molecular flexibility index (Phi) is 5.77. The number of nitrogens with zero attached hydrogens (tertiary/aromatic N) is 6. The molecule has 1 amide bonds. The van der Waals surface area contributed by atoms with Crippen molar-refractivity contribution in [2.24, 2.45) is 0 Å². The number of piperazine rings is 1. The highest BCUT2D eigenvalue weighted by Crippen LogP contribution is 2.22. The number of nitro groups is 1. The molecule has 0 aliphatic carbocycles. The van der Waals surface area contributed by atoms with Crippen molar-refractivity contribution in [1.29, 1.82) is 0 Å². The summed E-state index contributed by atoms with van der Waals surface area (Å²) in [6.45, 7) is 5.34. The molecule has 3 aromatic carbocycles. The monoisotopic (exact) mass is 456 g/mol. The fourth-order valence-electron chi connectivity index (χ4n) is 4.44. The number of carbonyl (C=O) groups is 1. The molecule has 1 aliphatic heterocycles. The van der Waals surface area contributed by atoms with Gasteiger partial charge in [0, 0.05) is 44.9 Å². The number of amides is 1. The number of benzene rings is 3. The first kappa shape index (κ1) is 21.7. The van der Waals surface area contributed by atoms with Gasteiger partial charge in [-0.1, -0.05) is 53.7 Å². The maximum Gasteiger partial charge on any atom is 0.276 e. The Labute approximate surface area is 196 Å². The summed E-state index contributed by atoms with van der Waals surface area (Å²) in [6, 6.07) is 20.9. The van der Waals surface area contributed by atoms with Crippen molar-refractivity contribution in [3.63, 3.8) is 0 Å². The van der Waals surface area contributed by atoms with Gasteiger partial charge >= 0.3 is 0 Å². The molecule has 0 unspecified atom stereocenters. The quantitative estimate of drug-likeness (QED) is 0.336. The van der Waals surface area contributed by atoms with Gasteiger partial charge in [-0.25, -0.2) is 4.68 Å². The van der Waals surface area contributed by atoms with Gasteiger partial charge in [-0.3, -0.25) is 19.8 Å². The van der Waals surface area contributed by atoms with Crippen molar-refractivity contribution < 1.29 is 9.72 Å². The van der Waals surface area contributed by atoms with E-state index in [2.05, 4.69) is 51.6 Å². The topological polar surface area (TPSA) is 97.4 Å². The summed E-state index contributed by atoms with van der Waals surface area (Å²) in [5.74, 6) is -0.168. The van der Waals surface area contributed by atoms with Crippen LogP contribution in [0.2, 0.25) is 0 Å². The lowest BCUT2D eigenvalue weighted by Crippen LogP contribution is -2.48. The number of nitro benzene ring substituents is 1. The predicted octanol–water partition coefficient (Wildman–Crippen LogP) is 3.60. The van der Waals surface area contributed by atoms with Crippen LogP contribution in [0, 0.1) is 17.0 Å². The second-order valence-electron chi connectivity index (χ2n) is 8.42. The van der Waals surface area contributed by atoms with Crippen LogP contribution in [0.5, 0.6) is 0 Å². The average molecular weight is 457 g/mol. The van der Waals surface area contributed by atoms with Gasteiger partial charge in [-0.05, 0) is 29.3 Å². The highest BCUT2D eigenvalue weighted by atomic mass is 16.6. The van der Waals surface area contributed by atoms with Crippen molar-refractivity contribution in [2.75, 3.05) is 26.2 Å². The standard InChI is InChI=1S/C25H24N6O3/c1-18-24(26-27-30(18)21-9-5-10-22(16-21)31(33)34)25(32)29-14-12-28(13-15-29)17-20-8-4-7-19-6-2-3-11-23(19)20/h2-11,16H,12-15,17H2,1H3. The van der Waals surface area contributed by atoms with Crippen molar-refractivity contribution >= 4 is 22.4 Å². The fraction of sp³-hybridized carbons (Fsp3) is 0.240. The Morgan fingerprint density at radius 1 is 1.00 bits per heavy atom. The molecule has 0 spiro atoms. The van der Waals surface area contributed by atoms with E-state index in [1.807, 2.05) is 6.07 Å². The van der Waals surface area contributed by atoms with E-state index in [-0.39, 0.29) is 17.3 Å². The Bertz CT molecular complexity index is 1370. The molecular formula is C25H24N6O3. The zero-order chi connectivity index (χ0) is 23.7. The summed E-state index contributed by atoms with van der Waals surface area (Å²) < 4.78 is 1.47. The van der Waals surface area contributed by atoms with Crippen LogP contribution in [0.25, 0.3) is 16.5 Å². The van der Waals surface area contributed by atoms with E-state index in [1.165, 1.54) is 33.2 Å². The molecule has 9 nitrogen and oxygen atoms in total. The molecule has 5 rings (SSSR count). The third-order valence-corrected chi connectivity index (χ3v) is 6.32. The molecule has 0 radical (unpaired) electrons. The SMILES string of the molecule is Cc1c(C(=O)N2CCN(Cc3cccc4ccccc34)CC2)nnn1-c1cccc([N+](=O)[O-])c1. The zero-order valence-electron chi connectivity index (χ0n) is 18.8. The van der Waals surface area contributed by atoms with Gasteiger partial charge < -0.3 is 4.90 Å². The summed E-state index contributed by atoms with van der Waals surface area (Å²) in [7, 11) is 0. The molecule has 1 fully saturated rings. The minimum atomic E-state index is -0.459. The first-order valence-corrected chi connectivity index (χ1v) is 11.2. The van der Waals surface area contributed by atoms with E-state index in [9.17, 15) is 14.9 Å². The third-order valence-electron chi connectivity index (χ3n) is 6.32. The number of fused-ring (bicyclic) bond motifs is 1. The van der Waals surface area contributed by atoms with E-state index in [0.717, 1.165) is 19.6 Å². The summed E-state index contributed by atoms with van der Waals surface area (Å²) >= 11 is 0. The highest BCUT2D eigenvalue weighted by molar-refractivity contribution is 5.93. The normalized spacial score (nSPS) is 14.4. The van der Waals surface area contributed by atoms with Gasteiger partial charge in [0.2, 0.25) is 0 Å². The highest BCUT2D eigenvalue weighted by Gasteiger charge is 2.27. The van der Waals surface area contributed by atoms with Crippen molar-refractivity contribution in [3.8, 4) is 5.69 Å². The Hall–Kier alpha value is -4.11. The van der Waals surface area contributed by atoms with Gasteiger partial charge in [0.25, 0.3) is 11.6 Å². The van der Waals surface area contributed by atoms with Gasteiger partial charge in [0.15, 0.2) is 5.69 Å². The number of carbonyl (C=O) groups excluding carboxylic acids is 1. The summed E-state index contributed by atoms with van der Waals surface area (Å²) in [5, 5.41) is 21.8. The lowest BCUT2D eigenvalue weighted by molar-refractivity contribution is -0.384. The lowest BCUT2D eigenvalue weighted by atomic mass is 10.0. The van der Waals surface area contributed by atoms with Gasteiger partial charge in [-0.2, -0.15) is 0 Å². The van der Waals surface area contributed by atoms with Crippen molar-refractivity contribution in [3.05, 3.63) is 93.8 Å². The van der Waals surface area contributed by atoms with Crippen LogP contribution in [0.3, 0.4) is 0 Å². The van der Waals surface area contributed by atoms with Crippen molar-refractivity contribution in [2.45, 2.75) is 13.5 Å². The van der Waals surface area contributed by atoms with Gasteiger partial charge in [0.05, 0.1) is 16.3 Å². The molecule has 34 heavy (non-hydrogen) atoms. The Morgan fingerprint density at radius 2 is 1.74 bits per heavy atom. The predicted molar refractivity (Wildman–Crippen MR) is 128 cm³/mol. The van der Waals surface area contributed by atoms with Crippen LogP contribution < -0.4 is 0 Å². The minimum absolute atomic E-state index is 0.0393. The summed E-state index contributed by atoms with van der Waals surface area (Å²) in [6.07, 6.45) is 0. The molecule has 9 heteroatoms. The molecule has 2 heterocycles. The van der Waals surface area contributed by atoms with Gasteiger partial charge in [-0.15, -0.1) is 5.10 Å². The van der Waals surface area contributed by atoms with E-state index in [0.29, 0.717) is 24.5 Å². The first-order chi connectivity index (χ1) is 16.5. The summed E-state index contributed by atoms with van der Waals surface area (Å²) in [4.78, 5) is 28.0. The maximum absolute atomic E-state index is 13.2. The second-order valence-corrected chi connectivity index (χ2v) is 8.42. The van der Waals surface area contributed by atoms with E-state index >= 15 is 0 Å². The van der Waals surface area contributed by atoms with Crippen LogP contribution in [0.1, 0.15) is 21.7 Å². The molecule has 0 N–H and O–H groups in total. The van der Waals surface area contributed by atoms with Crippen LogP contribution >= 0.6 is 0 Å². The molecular weight excluding hydrogens is 432 g/mol.